The first-order valence-corrected chi connectivity index (χ1v) is 6.04. The van der Waals surface area contributed by atoms with Crippen LogP contribution in [0.3, 0.4) is 0 Å². The lowest BCUT2D eigenvalue weighted by molar-refractivity contribution is -0.121. The third-order valence-electron chi connectivity index (χ3n) is 2.78. The molecule has 0 atom stereocenters. The van der Waals surface area contributed by atoms with E-state index in [-0.39, 0.29) is 11.2 Å². The predicted octanol–water partition coefficient (Wildman–Crippen LogP) is 3.86. The highest BCUT2D eigenvalue weighted by atomic mass is 16.1. The van der Waals surface area contributed by atoms with Crippen LogP contribution in [-0.4, -0.2) is 10.8 Å². The van der Waals surface area contributed by atoms with Crippen molar-refractivity contribution >= 4 is 22.8 Å². The number of ketones is 1. The molecule has 0 spiro atoms. The summed E-state index contributed by atoms with van der Waals surface area (Å²) >= 11 is 0. The zero-order valence-corrected chi connectivity index (χ0v) is 11.0. The first-order chi connectivity index (χ1) is 8.47. The molecular formula is C16H17NO. The van der Waals surface area contributed by atoms with Gasteiger partial charge in [0.25, 0.3) is 0 Å². The number of hydrogen-bond acceptors (Lipinski definition) is 2. The predicted molar refractivity (Wildman–Crippen MR) is 75.2 cm³/mol. The van der Waals surface area contributed by atoms with E-state index in [4.69, 9.17) is 0 Å². The quantitative estimate of drug-likeness (QED) is 0.745. The molecule has 0 bridgehead atoms. The van der Waals surface area contributed by atoms with Crippen molar-refractivity contribution in [2.45, 2.75) is 20.8 Å². The first kappa shape index (κ1) is 12.5. The standard InChI is InChI=1S/C16H17NO/c1-16(2,3)15(18)9-8-12-10-13-6-4-5-7-14(13)17-11-12/h4-11H,1-3H3. The number of carbonyl (C=O) groups excluding carboxylic acids is 1. The van der Waals surface area contributed by atoms with Crippen molar-refractivity contribution in [3.63, 3.8) is 0 Å². The highest BCUT2D eigenvalue weighted by Gasteiger charge is 2.17. The van der Waals surface area contributed by atoms with Crippen LogP contribution in [0.15, 0.2) is 42.6 Å². The fraction of sp³-hybridized carbons (Fsp3) is 0.250. The van der Waals surface area contributed by atoms with Crippen molar-refractivity contribution in [2.24, 2.45) is 5.41 Å². The van der Waals surface area contributed by atoms with Crippen LogP contribution in [0.1, 0.15) is 26.3 Å². The summed E-state index contributed by atoms with van der Waals surface area (Å²) in [6, 6.07) is 9.98. The smallest absolute Gasteiger partial charge is 0.161 e. The molecule has 0 saturated carbocycles. The molecule has 0 aliphatic heterocycles. The maximum Gasteiger partial charge on any atom is 0.161 e. The lowest BCUT2D eigenvalue weighted by atomic mass is 9.90. The summed E-state index contributed by atoms with van der Waals surface area (Å²) < 4.78 is 0. The Kier molecular flexibility index (Phi) is 3.28. The minimum absolute atomic E-state index is 0.121. The maximum absolute atomic E-state index is 11.8. The Bertz CT molecular complexity index is 606. The normalized spacial score (nSPS) is 12.2. The zero-order chi connectivity index (χ0) is 13.2. The van der Waals surface area contributed by atoms with Gasteiger partial charge in [0.05, 0.1) is 5.52 Å². The number of fused-ring (bicyclic) bond motifs is 1. The number of benzene rings is 1. The molecule has 18 heavy (non-hydrogen) atoms. The van der Waals surface area contributed by atoms with Gasteiger partial charge in [-0.3, -0.25) is 9.78 Å². The highest BCUT2D eigenvalue weighted by Crippen LogP contribution is 2.17. The summed E-state index contributed by atoms with van der Waals surface area (Å²) in [6.45, 7) is 5.74. The molecule has 0 saturated heterocycles. The van der Waals surface area contributed by atoms with Crippen molar-refractivity contribution < 1.29 is 4.79 Å². The van der Waals surface area contributed by atoms with Gasteiger partial charge in [0.15, 0.2) is 5.78 Å². The van der Waals surface area contributed by atoms with Gasteiger partial charge in [-0.15, -0.1) is 0 Å². The fourth-order valence-electron chi connectivity index (χ4n) is 1.60. The molecule has 2 rings (SSSR count). The van der Waals surface area contributed by atoms with Gasteiger partial charge in [0.2, 0.25) is 0 Å². The third-order valence-corrected chi connectivity index (χ3v) is 2.78. The van der Waals surface area contributed by atoms with E-state index in [9.17, 15) is 4.79 Å². The molecule has 1 aromatic heterocycles. The summed E-state index contributed by atoms with van der Waals surface area (Å²) in [4.78, 5) is 16.2. The Morgan fingerprint density at radius 1 is 1.22 bits per heavy atom. The van der Waals surface area contributed by atoms with Gasteiger partial charge in [0, 0.05) is 17.0 Å². The lowest BCUT2D eigenvalue weighted by Gasteiger charge is -2.12. The molecule has 0 fully saturated rings. The van der Waals surface area contributed by atoms with Crippen molar-refractivity contribution in [3.8, 4) is 0 Å². The van der Waals surface area contributed by atoms with Crippen LogP contribution >= 0.6 is 0 Å². The Morgan fingerprint density at radius 2 is 1.94 bits per heavy atom. The molecule has 92 valence electrons. The summed E-state index contributed by atoms with van der Waals surface area (Å²) in [5, 5.41) is 1.09. The largest absolute Gasteiger partial charge is 0.294 e. The number of nitrogens with zero attached hydrogens (tertiary/aromatic N) is 1. The highest BCUT2D eigenvalue weighted by molar-refractivity contribution is 5.97. The average Bonchev–Trinajstić information content (AvgIpc) is 2.34. The van der Waals surface area contributed by atoms with Crippen molar-refractivity contribution in [1.29, 1.82) is 0 Å². The number of pyridine rings is 1. The van der Waals surface area contributed by atoms with E-state index >= 15 is 0 Å². The maximum atomic E-state index is 11.8. The summed E-state index contributed by atoms with van der Waals surface area (Å²) in [6.07, 6.45) is 5.24. The van der Waals surface area contributed by atoms with Gasteiger partial charge in [-0.2, -0.15) is 0 Å². The summed E-state index contributed by atoms with van der Waals surface area (Å²) in [5.41, 5.74) is 1.59. The molecule has 2 heteroatoms. The monoisotopic (exact) mass is 239 g/mol. The molecule has 0 aliphatic carbocycles. The summed E-state index contributed by atoms with van der Waals surface area (Å²) in [7, 11) is 0. The minimum Gasteiger partial charge on any atom is -0.294 e. The zero-order valence-electron chi connectivity index (χ0n) is 11.0. The van der Waals surface area contributed by atoms with E-state index in [2.05, 4.69) is 4.98 Å². The van der Waals surface area contributed by atoms with Gasteiger partial charge >= 0.3 is 0 Å². The van der Waals surface area contributed by atoms with Crippen LogP contribution in [0, 0.1) is 5.41 Å². The van der Waals surface area contributed by atoms with Crippen molar-refractivity contribution in [3.05, 3.63) is 48.2 Å². The molecule has 2 nitrogen and oxygen atoms in total. The van der Waals surface area contributed by atoms with Crippen LogP contribution in [0.5, 0.6) is 0 Å². The minimum atomic E-state index is -0.333. The Balaban J connectivity index is 2.27. The Labute approximate surface area is 107 Å². The second-order valence-corrected chi connectivity index (χ2v) is 5.41. The van der Waals surface area contributed by atoms with E-state index in [0.29, 0.717) is 0 Å². The van der Waals surface area contributed by atoms with E-state index in [1.165, 1.54) is 0 Å². The van der Waals surface area contributed by atoms with Gasteiger partial charge < -0.3 is 0 Å². The lowest BCUT2D eigenvalue weighted by Crippen LogP contribution is -2.17. The molecule has 2 aromatic rings. The van der Waals surface area contributed by atoms with Crippen molar-refractivity contribution in [2.75, 3.05) is 0 Å². The Morgan fingerprint density at radius 3 is 2.67 bits per heavy atom. The number of aromatic nitrogens is 1. The van der Waals surface area contributed by atoms with Gasteiger partial charge in [-0.05, 0) is 29.8 Å². The molecule has 0 amide bonds. The average molecular weight is 239 g/mol. The number of rotatable bonds is 2. The second-order valence-electron chi connectivity index (χ2n) is 5.41. The van der Waals surface area contributed by atoms with E-state index in [0.717, 1.165) is 16.5 Å². The van der Waals surface area contributed by atoms with Crippen LogP contribution in [0.2, 0.25) is 0 Å². The van der Waals surface area contributed by atoms with E-state index in [1.54, 1.807) is 12.3 Å². The number of allylic oxidation sites excluding steroid dienone is 1. The molecule has 1 aromatic carbocycles. The molecule has 0 unspecified atom stereocenters. The van der Waals surface area contributed by atoms with Gasteiger partial charge in [0.1, 0.15) is 0 Å². The molecular weight excluding hydrogens is 222 g/mol. The number of hydrogen-bond donors (Lipinski definition) is 0. The Hall–Kier alpha value is -1.96. The number of carbonyl (C=O) groups is 1. The molecule has 1 heterocycles. The van der Waals surface area contributed by atoms with Crippen LogP contribution in [-0.2, 0) is 4.79 Å². The van der Waals surface area contributed by atoms with Crippen molar-refractivity contribution in [1.82, 2.24) is 4.98 Å². The first-order valence-electron chi connectivity index (χ1n) is 6.04. The number of para-hydroxylation sites is 1. The van der Waals surface area contributed by atoms with Gasteiger partial charge in [-0.25, -0.2) is 0 Å². The molecule has 0 radical (unpaired) electrons. The van der Waals surface area contributed by atoms with Crippen LogP contribution in [0.25, 0.3) is 17.0 Å². The molecule has 0 aliphatic rings. The van der Waals surface area contributed by atoms with Gasteiger partial charge in [-0.1, -0.05) is 39.0 Å². The summed E-state index contributed by atoms with van der Waals surface area (Å²) in [5.74, 6) is 0.121. The van der Waals surface area contributed by atoms with Crippen LogP contribution < -0.4 is 0 Å². The second kappa shape index (κ2) is 4.73. The topological polar surface area (TPSA) is 30.0 Å². The third kappa shape index (κ3) is 2.83. The van der Waals surface area contributed by atoms with Crippen LogP contribution in [0.4, 0.5) is 0 Å². The molecule has 0 N–H and O–H groups in total. The van der Waals surface area contributed by atoms with E-state index in [1.807, 2.05) is 57.2 Å². The fourth-order valence-corrected chi connectivity index (χ4v) is 1.60. The van der Waals surface area contributed by atoms with E-state index < -0.39 is 0 Å². The SMILES string of the molecule is CC(C)(C)C(=O)C=Cc1cnc2ccccc2c1.